The highest BCUT2D eigenvalue weighted by atomic mass is 15.0. The number of aryl methyl sites for hydroxylation is 2. The molecule has 3 aliphatic carbocycles. The maximum atomic E-state index is 2.55. The molecule has 2 nitrogen and oxygen atoms in total. The molecule has 0 spiro atoms. The Morgan fingerprint density at radius 1 is 0.451 bits per heavy atom. The monoisotopic (exact) mass is 656 g/mol. The molecule has 0 radical (unpaired) electrons. The van der Waals surface area contributed by atoms with Crippen LogP contribution in [0.15, 0.2) is 152 Å². The van der Waals surface area contributed by atoms with Gasteiger partial charge in [-0.2, -0.15) is 0 Å². The zero-order valence-corrected chi connectivity index (χ0v) is 28.9. The third-order valence-electron chi connectivity index (χ3n) is 11.3. The normalized spacial score (nSPS) is 15.4. The Hall–Kier alpha value is -5.86. The molecule has 0 bridgehead atoms. The van der Waals surface area contributed by atoms with Crippen molar-refractivity contribution in [1.29, 1.82) is 0 Å². The van der Waals surface area contributed by atoms with Crippen molar-refractivity contribution in [3.63, 3.8) is 0 Å². The summed E-state index contributed by atoms with van der Waals surface area (Å²) in [4.78, 5) is 0. The van der Waals surface area contributed by atoms with Gasteiger partial charge in [0.15, 0.2) is 0 Å². The summed E-state index contributed by atoms with van der Waals surface area (Å²) in [6.07, 6.45) is 21.5. The summed E-state index contributed by atoms with van der Waals surface area (Å²) < 4.78 is 5.04. The molecule has 0 fully saturated rings. The highest BCUT2D eigenvalue weighted by Crippen LogP contribution is 2.41. The lowest BCUT2D eigenvalue weighted by Crippen LogP contribution is -2.05. The number of rotatable bonds is 5. The van der Waals surface area contributed by atoms with Gasteiger partial charge in [-0.05, 0) is 132 Å². The minimum absolute atomic E-state index is 0.973. The summed E-state index contributed by atoms with van der Waals surface area (Å²) in [5.41, 5.74) is 18.9. The summed E-state index contributed by atoms with van der Waals surface area (Å²) in [7, 11) is 0. The number of allylic oxidation sites excluding steroid dienone is 7. The molecule has 0 aliphatic heterocycles. The molecule has 2 heterocycles. The van der Waals surface area contributed by atoms with Crippen LogP contribution >= 0.6 is 0 Å². The molecule has 0 saturated heterocycles. The summed E-state index contributed by atoms with van der Waals surface area (Å²) in [6.45, 7) is 0. The van der Waals surface area contributed by atoms with Gasteiger partial charge in [-0.15, -0.1) is 0 Å². The van der Waals surface area contributed by atoms with Crippen molar-refractivity contribution in [2.75, 3.05) is 0 Å². The first-order chi connectivity index (χ1) is 25.3. The minimum atomic E-state index is 0.973. The van der Waals surface area contributed by atoms with Crippen molar-refractivity contribution in [3.05, 3.63) is 180 Å². The van der Waals surface area contributed by atoms with E-state index >= 15 is 0 Å². The van der Waals surface area contributed by atoms with Gasteiger partial charge in [-0.3, -0.25) is 0 Å². The Balaban J connectivity index is 1.03. The van der Waals surface area contributed by atoms with Crippen molar-refractivity contribution < 1.29 is 0 Å². The van der Waals surface area contributed by atoms with Gasteiger partial charge in [0.2, 0.25) is 0 Å². The van der Waals surface area contributed by atoms with Crippen molar-refractivity contribution in [1.82, 2.24) is 9.13 Å². The molecule has 0 saturated carbocycles. The van der Waals surface area contributed by atoms with Crippen LogP contribution in [-0.4, -0.2) is 9.13 Å². The smallest absolute Gasteiger partial charge is 0.0534 e. The van der Waals surface area contributed by atoms with Gasteiger partial charge in [0.25, 0.3) is 0 Å². The second kappa shape index (κ2) is 12.5. The van der Waals surface area contributed by atoms with Crippen molar-refractivity contribution in [3.8, 4) is 27.9 Å². The van der Waals surface area contributed by atoms with Gasteiger partial charge in [0.1, 0.15) is 0 Å². The van der Waals surface area contributed by atoms with Crippen LogP contribution < -0.4 is 0 Å². The van der Waals surface area contributed by atoms with Crippen LogP contribution in [0.5, 0.6) is 0 Å². The summed E-state index contributed by atoms with van der Waals surface area (Å²) in [5.74, 6) is 0. The van der Waals surface area contributed by atoms with Gasteiger partial charge in [0.05, 0.1) is 11.0 Å². The Morgan fingerprint density at radius 2 is 1.08 bits per heavy atom. The van der Waals surface area contributed by atoms with Crippen molar-refractivity contribution in [2.24, 2.45) is 0 Å². The molecule has 0 unspecified atom stereocenters. The number of nitrogens with zero attached hydrogens (tertiary/aromatic N) is 2. The van der Waals surface area contributed by atoms with Crippen LogP contribution in [0.4, 0.5) is 0 Å². The fraction of sp³-hybridized carbons (Fsp3) is 0.143. The molecule has 10 rings (SSSR count). The third kappa shape index (κ3) is 5.17. The molecule has 2 heteroatoms. The number of fused-ring (bicyclic) bond motifs is 6. The summed E-state index contributed by atoms with van der Waals surface area (Å²) in [6, 6.07) is 45.0. The van der Waals surface area contributed by atoms with E-state index in [0.717, 1.165) is 44.9 Å². The van der Waals surface area contributed by atoms with E-state index in [1.54, 1.807) is 0 Å². The molecule has 3 aliphatic rings. The van der Waals surface area contributed by atoms with E-state index in [-0.39, 0.29) is 0 Å². The maximum absolute atomic E-state index is 2.55. The fourth-order valence-electron chi connectivity index (χ4n) is 8.78. The van der Waals surface area contributed by atoms with Gasteiger partial charge < -0.3 is 9.13 Å². The quantitative estimate of drug-likeness (QED) is 0.163. The molecule has 0 N–H and O–H groups in total. The lowest BCUT2D eigenvalue weighted by Gasteiger charge is -2.20. The molecular weight excluding hydrogens is 617 g/mol. The first-order valence-corrected chi connectivity index (χ1v) is 18.6. The maximum Gasteiger partial charge on any atom is 0.0534 e. The van der Waals surface area contributed by atoms with Gasteiger partial charge >= 0.3 is 0 Å². The second-order valence-electron chi connectivity index (χ2n) is 14.2. The van der Waals surface area contributed by atoms with Gasteiger partial charge in [-0.1, -0.05) is 109 Å². The number of benzene rings is 5. The molecular formula is C49H40N2. The zero-order valence-electron chi connectivity index (χ0n) is 28.9. The fourth-order valence-corrected chi connectivity index (χ4v) is 8.78. The van der Waals surface area contributed by atoms with E-state index in [9.17, 15) is 0 Å². The van der Waals surface area contributed by atoms with E-state index in [4.69, 9.17) is 0 Å². The highest BCUT2D eigenvalue weighted by molar-refractivity contribution is 5.97. The Morgan fingerprint density at radius 3 is 1.82 bits per heavy atom. The third-order valence-corrected chi connectivity index (χ3v) is 11.3. The van der Waals surface area contributed by atoms with Gasteiger partial charge in [0, 0.05) is 40.0 Å². The standard InChI is InChI=1S/C49H40N2/c1-4-12-34(13-5-1)35-20-22-36(23-21-35)37-24-28-41(29-25-37)51-47-19-11-10-17-43(47)45-33-39(27-31-49(45)51)38-26-30-48-44(32-38)42-16-8-3-9-18-46(42)50(48)40-14-6-2-7-15-40/h1-7,9,11-15,19-24,26-28,30-33H,8,10,16-18,25,29H2. The Kier molecular flexibility index (Phi) is 7.34. The first kappa shape index (κ1) is 30.0. The summed E-state index contributed by atoms with van der Waals surface area (Å²) >= 11 is 0. The first-order valence-electron chi connectivity index (χ1n) is 18.6. The SMILES string of the molecule is C1=Cc2c(c3cc(-c4ccc5c(c4)c4c(n5-c5ccccc5)CC=CCC4)ccc3n2C2=CC=C(c3ccc(-c4ccccc4)cc3)CC2)CC1. The lowest BCUT2D eigenvalue weighted by molar-refractivity contribution is 0.935. The number of hydrogen-bond donors (Lipinski definition) is 0. The van der Waals surface area contributed by atoms with E-state index in [1.165, 1.54) is 89.1 Å². The molecule has 5 aromatic carbocycles. The number of hydrogen-bond acceptors (Lipinski definition) is 0. The predicted molar refractivity (Wildman–Crippen MR) is 216 cm³/mol. The van der Waals surface area contributed by atoms with Crippen LogP contribution in [0.2, 0.25) is 0 Å². The van der Waals surface area contributed by atoms with E-state index in [0.29, 0.717) is 0 Å². The lowest BCUT2D eigenvalue weighted by atomic mass is 9.94. The van der Waals surface area contributed by atoms with Crippen LogP contribution in [0.1, 0.15) is 53.8 Å². The van der Waals surface area contributed by atoms with Crippen molar-refractivity contribution in [2.45, 2.75) is 44.9 Å². The van der Waals surface area contributed by atoms with E-state index in [2.05, 4.69) is 167 Å². The minimum Gasteiger partial charge on any atom is -0.313 e. The molecule has 0 atom stereocenters. The average Bonchev–Trinajstić information content (AvgIpc) is 3.57. The second-order valence-corrected chi connectivity index (χ2v) is 14.2. The van der Waals surface area contributed by atoms with Crippen LogP contribution in [0.25, 0.3) is 67.1 Å². The number of para-hydroxylation sites is 1. The van der Waals surface area contributed by atoms with E-state index in [1.807, 2.05) is 0 Å². The molecule has 7 aromatic rings. The van der Waals surface area contributed by atoms with Crippen LogP contribution in [0.3, 0.4) is 0 Å². The van der Waals surface area contributed by atoms with Crippen LogP contribution in [-0.2, 0) is 19.3 Å². The van der Waals surface area contributed by atoms with E-state index < -0.39 is 0 Å². The zero-order chi connectivity index (χ0) is 33.7. The Labute approximate surface area is 300 Å². The molecule has 0 amide bonds. The molecule has 2 aromatic heterocycles. The van der Waals surface area contributed by atoms with Crippen LogP contribution in [0, 0.1) is 0 Å². The summed E-state index contributed by atoms with van der Waals surface area (Å²) in [5, 5.41) is 2.78. The average molecular weight is 657 g/mol. The topological polar surface area (TPSA) is 9.86 Å². The predicted octanol–water partition coefficient (Wildman–Crippen LogP) is 12.6. The number of aromatic nitrogens is 2. The molecule has 246 valence electrons. The Bertz CT molecular complexity index is 2570. The largest absolute Gasteiger partial charge is 0.313 e. The highest BCUT2D eigenvalue weighted by Gasteiger charge is 2.23. The van der Waals surface area contributed by atoms with Crippen molar-refractivity contribution >= 4 is 39.2 Å². The molecule has 51 heavy (non-hydrogen) atoms. The van der Waals surface area contributed by atoms with Gasteiger partial charge in [-0.25, -0.2) is 0 Å².